The topological polar surface area (TPSA) is 61.2 Å². The molecule has 0 saturated heterocycles. The second-order valence-corrected chi connectivity index (χ2v) is 6.61. The fourth-order valence-electron chi connectivity index (χ4n) is 3.31. The molecule has 0 bridgehead atoms. The zero-order chi connectivity index (χ0) is 18.7. The Labute approximate surface area is 149 Å². The molecular weight excluding hydrogens is 316 g/mol. The number of benzene rings is 1. The van der Waals surface area contributed by atoms with Gasteiger partial charge in [0.15, 0.2) is 5.78 Å². The van der Waals surface area contributed by atoms with Crippen molar-refractivity contribution < 1.29 is 14.3 Å². The lowest BCUT2D eigenvalue weighted by Gasteiger charge is -2.16. The van der Waals surface area contributed by atoms with Gasteiger partial charge in [-0.05, 0) is 69.9 Å². The summed E-state index contributed by atoms with van der Waals surface area (Å²) in [5.74, 6) is -0.233. The number of Topliss-reactive ketones (excluding diaryl/α,β-unsaturated/α-hetero) is 1. The zero-order valence-corrected chi connectivity index (χ0v) is 15.9. The Hall–Kier alpha value is -2.43. The quantitative estimate of drug-likeness (QED) is 0.592. The Morgan fingerprint density at radius 3 is 2.32 bits per heavy atom. The fraction of sp³-hybridized carbons (Fsp3) is 0.450. The number of esters is 1. The van der Waals surface area contributed by atoms with Gasteiger partial charge in [0.2, 0.25) is 0 Å². The van der Waals surface area contributed by atoms with Crippen molar-refractivity contribution in [1.29, 1.82) is 0 Å². The summed E-state index contributed by atoms with van der Waals surface area (Å²) in [6.45, 7) is 12.0. The van der Waals surface area contributed by atoms with Gasteiger partial charge in [-0.3, -0.25) is 14.3 Å². The first-order valence-electron chi connectivity index (χ1n) is 8.48. The van der Waals surface area contributed by atoms with Gasteiger partial charge in [0.1, 0.15) is 6.61 Å². The van der Waals surface area contributed by atoms with Crippen LogP contribution in [0.3, 0.4) is 0 Å². The normalized spacial score (nSPS) is 10.8. The monoisotopic (exact) mass is 342 g/mol. The Morgan fingerprint density at radius 1 is 1.08 bits per heavy atom. The molecule has 2 aromatic rings. The average molecular weight is 342 g/mol. The number of carbonyl (C=O) groups excluding carboxylic acids is 2. The van der Waals surface area contributed by atoms with Gasteiger partial charge in [0.05, 0.1) is 18.7 Å². The molecule has 25 heavy (non-hydrogen) atoms. The SMILES string of the molecule is CC(=O)c1c(C)cc(C)c(COC(=O)CCn2nc(C)cc2C)c1C. The van der Waals surface area contributed by atoms with Crippen molar-refractivity contribution in [1.82, 2.24) is 9.78 Å². The van der Waals surface area contributed by atoms with E-state index in [0.29, 0.717) is 6.54 Å². The molecule has 5 nitrogen and oxygen atoms in total. The zero-order valence-electron chi connectivity index (χ0n) is 15.9. The first-order chi connectivity index (χ1) is 11.7. The van der Waals surface area contributed by atoms with E-state index in [1.807, 2.05) is 51.4 Å². The maximum atomic E-state index is 12.1. The molecule has 1 aromatic heterocycles. The van der Waals surface area contributed by atoms with Crippen molar-refractivity contribution in [3.63, 3.8) is 0 Å². The molecular formula is C20H26N2O3. The minimum Gasteiger partial charge on any atom is -0.461 e. The highest BCUT2D eigenvalue weighted by Crippen LogP contribution is 2.23. The molecule has 0 N–H and O–H groups in total. The maximum absolute atomic E-state index is 12.1. The Morgan fingerprint density at radius 2 is 1.76 bits per heavy atom. The minimum atomic E-state index is -0.267. The number of carbonyl (C=O) groups is 2. The minimum absolute atomic E-state index is 0.0344. The van der Waals surface area contributed by atoms with Crippen molar-refractivity contribution in [2.45, 2.75) is 61.1 Å². The van der Waals surface area contributed by atoms with Crippen LogP contribution in [0.4, 0.5) is 0 Å². The molecule has 0 fully saturated rings. The third kappa shape index (κ3) is 4.35. The third-order valence-corrected chi connectivity index (χ3v) is 4.49. The number of aromatic nitrogens is 2. The number of ketones is 1. The van der Waals surface area contributed by atoms with Crippen molar-refractivity contribution in [3.8, 4) is 0 Å². The number of aryl methyl sites for hydroxylation is 5. The molecule has 0 atom stereocenters. The molecule has 0 aliphatic rings. The van der Waals surface area contributed by atoms with E-state index in [-0.39, 0.29) is 24.8 Å². The van der Waals surface area contributed by atoms with E-state index < -0.39 is 0 Å². The lowest BCUT2D eigenvalue weighted by atomic mass is 9.92. The lowest BCUT2D eigenvalue weighted by Crippen LogP contribution is -2.13. The third-order valence-electron chi connectivity index (χ3n) is 4.49. The van der Waals surface area contributed by atoms with Crippen molar-refractivity contribution >= 4 is 11.8 Å². The van der Waals surface area contributed by atoms with Crippen LogP contribution >= 0.6 is 0 Å². The van der Waals surface area contributed by atoms with E-state index in [9.17, 15) is 9.59 Å². The Kier molecular flexibility index (Phi) is 5.77. The molecule has 2 rings (SSSR count). The summed E-state index contributed by atoms with van der Waals surface area (Å²) in [6, 6.07) is 3.95. The summed E-state index contributed by atoms with van der Waals surface area (Å²) in [6.07, 6.45) is 0.269. The van der Waals surface area contributed by atoms with Gasteiger partial charge in [0, 0.05) is 11.3 Å². The maximum Gasteiger partial charge on any atom is 0.308 e. The Bertz CT molecular complexity index is 819. The van der Waals surface area contributed by atoms with Crippen molar-refractivity contribution in [3.05, 3.63) is 51.3 Å². The molecule has 0 aliphatic heterocycles. The highest BCUT2D eigenvalue weighted by atomic mass is 16.5. The van der Waals surface area contributed by atoms with Crippen LogP contribution in [0.25, 0.3) is 0 Å². The van der Waals surface area contributed by atoms with Crippen molar-refractivity contribution in [2.24, 2.45) is 0 Å². The number of rotatable bonds is 6. The summed E-state index contributed by atoms with van der Waals surface area (Å²) < 4.78 is 7.25. The highest BCUT2D eigenvalue weighted by molar-refractivity contribution is 5.97. The van der Waals surface area contributed by atoms with Gasteiger partial charge in [-0.15, -0.1) is 0 Å². The van der Waals surface area contributed by atoms with Gasteiger partial charge in [-0.25, -0.2) is 0 Å². The summed E-state index contributed by atoms with van der Waals surface area (Å²) >= 11 is 0. The summed E-state index contributed by atoms with van der Waals surface area (Å²) in [5, 5.41) is 4.34. The molecule has 0 unspecified atom stereocenters. The second kappa shape index (κ2) is 7.64. The molecule has 0 radical (unpaired) electrons. The molecule has 1 aromatic carbocycles. The summed E-state index contributed by atoms with van der Waals surface area (Å²) in [4.78, 5) is 24.0. The number of ether oxygens (including phenoxy) is 1. The van der Waals surface area contributed by atoms with Crippen LogP contribution in [0.5, 0.6) is 0 Å². The molecule has 0 saturated carbocycles. The molecule has 0 aliphatic carbocycles. The molecule has 1 heterocycles. The predicted octanol–water partition coefficient (Wildman–Crippen LogP) is 3.76. The highest BCUT2D eigenvalue weighted by Gasteiger charge is 2.15. The molecule has 0 amide bonds. The van der Waals surface area contributed by atoms with Crippen LogP contribution in [-0.4, -0.2) is 21.5 Å². The molecule has 5 heteroatoms. The first-order valence-corrected chi connectivity index (χ1v) is 8.48. The van der Waals surface area contributed by atoms with Crippen molar-refractivity contribution in [2.75, 3.05) is 0 Å². The average Bonchev–Trinajstić information content (AvgIpc) is 2.81. The summed E-state index contributed by atoms with van der Waals surface area (Å²) in [7, 11) is 0. The number of hydrogen-bond acceptors (Lipinski definition) is 4. The van der Waals surface area contributed by atoms with E-state index in [1.165, 1.54) is 0 Å². The summed E-state index contributed by atoms with van der Waals surface area (Å²) in [5.41, 5.74) is 6.49. The Balaban J connectivity index is 2.03. The van der Waals surface area contributed by atoms with E-state index in [2.05, 4.69) is 5.10 Å². The number of nitrogens with zero attached hydrogens (tertiary/aromatic N) is 2. The molecule has 0 spiro atoms. The van der Waals surface area contributed by atoms with Gasteiger partial charge in [-0.2, -0.15) is 5.10 Å². The molecule has 134 valence electrons. The van der Waals surface area contributed by atoms with Gasteiger partial charge >= 0.3 is 5.97 Å². The predicted molar refractivity (Wildman–Crippen MR) is 96.8 cm³/mol. The van der Waals surface area contributed by atoms with Crippen LogP contribution in [0.1, 0.15) is 57.3 Å². The van der Waals surface area contributed by atoms with E-state index in [4.69, 9.17) is 4.74 Å². The van der Waals surface area contributed by atoms with E-state index >= 15 is 0 Å². The van der Waals surface area contributed by atoms with Crippen LogP contribution < -0.4 is 0 Å². The largest absolute Gasteiger partial charge is 0.461 e. The van der Waals surface area contributed by atoms with Gasteiger partial charge in [-0.1, -0.05) is 6.07 Å². The van der Waals surface area contributed by atoms with E-state index in [0.717, 1.165) is 39.2 Å². The van der Waals surface area contributed by atoms with Crippen LogP contribution in [0, 0.1) is 34.6 Å². The second-order valence-electron chi connectivity index (χ2n) is 6.61. The lowest BCUT2D eigenvalue weighted by molar-refractivity contribution is -0.145. The first kappa shape index (κ1) is 18.9. The standard InChI is InChI=1S/C20H26N2O3/c1-12-9-13(2)20(17(6)23)16(5)18(12)11-25-19(24)7-8-22-15(4)10-14(3)21-22/h9-10H,7-8,11H2,1-6H3. The van der Waals surface area contributed by atoms with Gasteiger partial charge < -0.3 is 4.74 Å². The fourth-order valence-corrected chi connectivity index (χ4v) is 3.31. The van der Waals surface area contributed by atoms with Crippen LogP contribution in [0.15, 0.2) is 12.1 Å². The van der Waals surface area contributed by atoms with Gasteiger partial charge in [0.25, 0.3) is 0 Å². The van der Waals surface area contributed by atoms with Crippen LogP contribution in [0.2, 0.25) is 0 Å². The number of hydrogen-bond donors (Lipinski definition) is 0. The van der Waals surface area contributed by atoms with Crippen LogP contribution in [-0.2, 0) is 22.7 Å². The smallest absolute Gasteiger partial charge is 0.308 e. The van der Waals surface area contributed by atoms with E-state index in [1.54, 1.807) is 6.92 Å².